The van der Waals surface area contributed by atoms with Crippen LogP contribution in [0.15, 0.2) is 22.7 Å². The summed E-state index contributed by atoms with van der Waals surface area (Å²) in [4.78, 5) is 11.7. The Balaban J connectivity index is 2.03. The molecule has 1 heterocycles. The lowest BCUT2D eigenvalue weighted by molar-refractivity contribution is -0.121. The summed E-state index contributed by atoms with van der Waals surface area (Å²) in [5, 5.41) is 0. The molecule has 1 aliphatic heterocycles. The molecule has 0 bridgehead atoms. The van der Waals surface area contributed by atoms with Crippen molar-refractivity contribution in [3.8, 4) is 0 Å². The average molecular weight is 289 g/mol. The Kier molecular flexibility index (Phi) is 3.46. The van der Waals surface area contributed by atoms with E-state index in [4.69, 9.17) is 0 Å². The lowest BCUT2D eigenvalue weighted by Crippen LogP contribution is -2.28. The monoisotopic (exact) mass is 288 g/mol. The number of carbonyl (C=O) groups is 1. The standard InChI is InChI=1S/C11H10BrFOS/c12-9-3-7(1-2-10(9)13)4-11(14)8-5-15-6-8/h1-3,8H,4-6H2. The summed E-state index contributed by atoms with van der Waals surface area (Å²) in [6, 6.07) is 4.74. The molecule has 0 radical (unpaired) electrons. The number of hydrogen-bond acceptors (Lipinski definition) is 2. The van der Waals surface area contributed by atoms with Crippen LogP contribution in [0.5, 0.6) is 0 Å². The Labute approximate surface area is 101 Å². The van der Waals surface area contributed by atoms with Crippen molar-refractivity contribution in [2.75, 3.05) is 11.5 Å². The Morgan fingerprint density at radius 2 is 2.27 bits per heavy atom. The maximum Gasteiger partial charge on any atom is 0.141 e. The molecule has 0 saturated carbocycles. The van der Waals surface area contributed by atoms with Crippen LogP contribution in [0.4, 0.5) is 4.39 Å². The Morgan fingerprint density at radius 1 is 1.53 bits per heavy atom. The predicted molar refractivity (Wildman–Crippen MR) is 63.6 cm³/mol. The van der Waals surface area contributed by atoms with Crippen molar-refractivity contribution in [3.63, 3.8) is 0 Å². The maximum atomic E-state index is 12.9. The van der Waals surface area contributed by atoms with E-state index in [1.807, 2.05) is 0 Å². The van der Waals surface area contributed by atoms with E-state index in [2.05, 4.69) is 15.9 Å². The lowest BCUT2D eigenvalue weighted by Gasteiger charge is -2.23. The van der Waals surface area contributed by atoms with Crippen LogP contribution in [0.25, 0.3) is 0 Å². The summed E-state index contributed by atoms with van der Waals surface area (Å²) in [6.45, 7) is 0. The lowest BCUT2D eigenvalue weighted by atomic mass is 10.0. The van der Waals surface area contributed by atoms with E-state index in [1.54, 1.807) is 23.9 Å². The first kappa shape index (κ1) is 11.1. The summed E-state index contributed by atoms with van der Waals surface area (Å²) < 4.78 is 13.4. The molecule has 2 rings (SSSR count). The van der Waals surface area contributed by atoms with Gasteiger partial charge in [0.2, 0.25) is 0 Å². The fourth-order valence-electron chi connectivity index (χ4n) is 1.42. The van der Waals surface area contributed by atoms with Crippen LogP contribution in [0, 0.1) is 11.7 Å². The van der Waals surface area contributed by atoms with E-state index in [1.165, 1.54) is 6.07 Å². The van der Waals surface area contributed by atoms with E-state index < -0.39 is 0 Å². The van der Waals surface area contributed by atoms with E-state index in [9.17, 15) is 9.18 Å². The normalized spacial score (nSPS) is 16.1. The van der Waals surface area contributed by atoms with Gasteiger partial charge in [0.25, 0.3) is 0 Å². The smallest absolute Gasteiger partial charge is 0.141 e. The van der Waals surface area contributed by atoms with Crippen molar-refractivity contribution in [2.24, 2.45) is 5.92 Å². The highest BCUT2D eigenvalue weighted by Crippen LogP contribution is 2.27. The number of benzene rings is 1. The molecular formula is C11H10BrFOS. The van der Waals surface area contributed by atoms with Gasteiger partial charge in [0, 0.05) is 23.8 Å². The van der Waals surface area contributed by atoms with Gasteiger partial charge in [-0.05, 0) is 33.6 Å². The van der Waals surface area contributed by atoms with Crippen LogP contribution in [0.1, 0.15) is 5.56 Å². The molecule has 0 atom stereocenters. The summed E-state index contributed by atoms with van der Waals surface area (Å²) in [5.74, 6) is 2.10. The second-order valence-corrected chi connectivity index (χ2v) is 5.56. The van der Waals surface area contributed by atoms with Crippen molar-refractivity contribution in [3.05, 3.63) is 34.1 Å². The largest absolute Gasteiger partial charge is 0.299 e. The molecular weight excluding hydrogens is 279 g/mol. The molecule has 0 N–H and O–H groups in total. The van der Waals surface area contributed by atoms with Gasteiger partial charge in [0.1, 0.15) is 11.6 Å². The van der Waals surface area contributed by atoms with Gasteiger partial charge in [0.05, 0.1) is 4.47 Å². The fourth-order valence-corrected chi connectivity index (χ4v) is 2.69. The van der Waals surface area contributed by atoms with Crippen LogP contribution >= 0.6 is 27.7 Å². The number of halogens is 2. The summed E-state index contributed by atoms with van der Waals surface area (Å²) in [5.41, 5.74) is 0.880. The van der Waals surface area contributed by atoms with Gasteiger partial charge in [-0.25, -0.2) is 4.39 Å². The zero-order chi connectivity index (χ0) is 10.8. The molecule has 4 heteroatoms. The second-order valence-electron chi connectivity index (χ2n) is 3.63. The van der Waals surface area contributed by atoms with Crippen LogP contribution in [-0.2, 0) is 11.2 Å². The molecule has 1 aliphatic rings. The van der Waals surface area contributed by atoms with Gasteiger partial charge >= 0.3 is 0 Å². The fraction of sp³-hybridized carbons (Fsp3) is 0.364. The van der Waals surface area contributed by atoms with Gasteiger partial charge in [-0.3, -0.25) is 4.79 Å². The molecule has 0 amide bonds. The molecule has 1 nitrogen and oxygen atoms in total. The third kappa shape index (κ3) is 2.61. The Hall–Kier alpha value is -0.350. The second kappa shape index (κ2) is 4.66. The van der Waals surface area contributed by atoms with E-state index in [0.29, 0.717) is 10.9 Å². The quantitative estimate of drug-likeness (QED) is 0.850. The summed E-state index contributed by atoms with van der Waals surface area (Å²) in [6.07, 6.45) is 0.421. The topological polar surface area (TPSA) is 17.1 Å². The van der Waals surface area contributed by atoms with Crippen molar-refractivity contribution < 1.29 is 9.18 Å². The molecule has 1 aromatic carbocycles. The number of carbonyl (C=O) groups excluding carboxylic acids is 1. The van der Waals surface area contributed by atoms with Gasteiger partial charge in [-0.1, -0.05) is 6.07 Å². The number of ketones is 1. The SMILES string of the molecule is O=C(Cc1ccc(F)c(Br)c1)C1CSC1. The minimum atomic E-state index is -0.287. The van der Waals surface area contributed by atoms with E-state index in [-0.39, 0.29) is 17.5 Å². The molecule has 15 heavy (non-hydrogen) atoms. The number of hydrogen-bond donors (Lipinski definition) is 0. The maximum absolute atomic E-state index is 12.9. The Morgan fingerprint density at radius 3 is 2.80 bits per heavy atom. The van der Waals surface area contributed by atoms with Crippen LogP contribution in [-0.4, -0.2) is 17.3 Å². The van der Waals surface area contributed by atoms with Crippen molar-refractivity contribution in [2.45, 2.75) is 6.42 Å². The summed E-state index contributed by atoms with van der Waals surface area (Å²) in [7, 11) is 0. The number of rotatable bonds is 3. The van der Waals surface area contributed by atoms with Crippen LogP contribution in [0.3, 0.4) is 0 Å². The van der Waals surface area contributed by atoms with E-state index >= 15 is 0 Å². The first-order valence-corrected chi connectivity index (χ1v) is 6.66. The van der Waals surface area contributed by atoms with E-state index in [0.717, 1.165) is 17.1 Å². The molecule has 1 saturated heterocycles. The molecule has 0 aromatic heterocycles. The Bertz CT molecular complexity index is 390. The molecule has 0 aliphatic carbocycles. The number of Topliss-reactive ketones (excluding diaryl/α,β-unsaturated/α-hetero) is 1. The zero-order valence-corrected chi connectivity index (χ0v) is 10.4. The van der Waals surface area contributed by atoms with Crippen molar-refractivity contribution in [1.82, 2.24) is 0 Å². The van der Waals surface area contributed by atoms with Crippen LogP contribution < -0.4 is 0 Å². The summed E-state index contributed by atoms with van der Waals surface area (Å²) >= 11 is 4.91. The minimum Gasteiger partial charge on any atom is -0.299 e. The van der Waals surface area contributed by atoms with Crippen molar-refractivity contribution >= 4 is 33.5 Å². The molecule has 0 unspecified atom stereocenters. The highest BCUT2D eigenvalue weighted by molar-refractivity contribution is 9.10. The molecule has 1 aromatic rings. The van der Waals surface area contributed by atoms with Gasteiger partial charge < -0.3 is 0 Å². The van der Waals surface area contributed by atoms with Crippen LogP contribution in [0.2, 0.25) is 0 Å². The third-order valence-electron chi connectivity index (χ3n) is 2.46. The molecule has 80 valence electrons. The number of thioether (sulfide) groups is 1. The third-order valence-corrected chi connectivity index (χ3v) is 4.34. The van der Waals surface area contributed by atoms with Crippen molar-refractivity contribution in [1.29, 1.82) is 0 Å². The van der Waals surface area contributed by atoms with Gasteiger partial charge in [-0.15, -0.1) is 0 Å². The predicted octanol–water partition coefficient (Wildman–Crippen LogP) is 3.06. The highest BCUT2D eigenvalue weighted by Gasteiger charge is 2.25. The molecule has 0 spiro atoms. The minimum absolute atomic E-state index is 0.221. The van der Waals surface area contributed by atoms with Gasteiger partial charge in [0.15, 0.2) is 0 Å². The highest BCUT2D eigenvalue weighted by atomic mass is 79.9. The van der Waals surface area contributed by atoms with Gasteiger partial charge in [-0.2, -0.15) is 11.8 Å². The zero-order valence-electron chi connectivity index (χ0n) is 8.00. The average Bonchev–Trinajstić information content (AvgIpc) is 2.08. The first-order valence-electron chi connectivity index (χ1n) is 4.71. The first-order chi connectivity index (χ1) is 7.16. The molecule has 1 fully saturated rings.